The molecule has 0 spiro atoms. The first-order chi connectivity index (χ1) is 10.1. The number of hydrogen-bond acceptors (Lipinski definition) is 3. The highest BCUT2D eigenvalue weighted by Gasteiger charge is 2.34. The summed E-state index contributed by atoms with van der Waals surface area (Å²) in [6.07, 6.45) is 0. The van der Waals surface area contributed by atoms with E-state index in [2.05, 4.69) is 66.1 Å². The van der Waals surface area contributed by atoms with Crippen molar-refractivity contribution in [3.63, 3.8) is 0 Å². The van der Waals surface area contributed by atoms with E-state index < -0.39 is 0 Å². The smallest absolute Gasteiger partial charge is 0.114 e. The summed E-state index contributed by atoms with van der Waals surface area (Å²) < 4.78 is 2.06. The minimum atomic E-state index is -0.183. The SMILES string of the molecule is CC(C)C(C)(Sc1ccccc1)n1nnc2ccccc21. The van der Waals surface area contributed by atoms with Crippen LogP contribution in [0.15, 0.2) is 59.5 Å². The lowest BCUT2D eigenvalue weighted by Gasteiger charge is -2.33. The van der Waals surface area contributed by atoms with Gasteiger partial charge in [-0.05, 0) is 37.1 Å². The standard InChI is InChI=1S/C17H19N3S/c1-13(2)17(3,21-14-9-5-4-6-10-14)20-16-12-8-7-11-15(16)18-19-20/h4-13H,1-3H3. The van der Waals surface area contributed by atoms with Gasteiger partial charge >= 0.3 is 0 Å². The first kappa shape index (κ1) is 14.1. The fourth-order valence-corrected chi connectivity index (χ4v) is 3.56. The van der Waals surface area contributed by atoms with Crippen molar-refractivity contribution in [1.29, 1.82) is 0 Å². The van der Waals surface area contributed by atoms with Gasteiger partial charge in [0.05, 0.1) is 5.52 Å². The zero-order chi connectivity index (χ0) is 14.9. The molecule has 0 aliphatic rings. The predicted molar refractivity (Wildman–Crippen MR) is 88.3 cm³/mol. The molecule has 0 bridgehead atoms. The molecule has 0 radical (unpaired) electrons. The Balaban J connectivity index is 2.09. The third-order valence-electron chi connectivity index (χ3n) is 3.91. The quantitative estimate of drug-likeness (QED) is 0.662. The number of para-hydroxylation sites is 1. The van der Waals surface area contributed by atoms with Gasteiger partial charge in [-0.1, -0.05) is 61.2 Å². The number of nitrogens with zero attached hydrogens (tertiary/aromatic N) is 3. The van der Waals surface area contributed by atoms with E-state index in [1.54, 1.807) is 0 Å². The molecule has 1 heterocycles. The first-order valence-corrected chi connectivity index (χ1v) is 7.98. The summed E-state index contributed by atoms with van der Waals surface area (Å²) in [7, 11) is 0. The van der Waals surface area contributed by atoms with Gasteiger partial charge in [-0.25, -0.2) is 4.68 Å². The largest absolute Gasteiger partial charge is 0.228 e. The van der Waals surface area contributed by atoms with E-state index in [4.69, 9.17) is 0 Å². The third kappa shape index (κ3) is 2.56. The summed E-state index contributed by atoms with van der Waals surface area (Å²) in [6, 6.07) is 18.6. The fraction of sp³-hybridized carbons (Fsp3) is 0.294. The maximum absolute atomic E-state index is 4.43. The molecule has 1 atom stereocenters. The molecule has 3 aromatic rings. The number of rotatable bonds is 4. The second-order valence-corrected chi connectivity index (χ2v) is 7.12. The van der Waals surface area contributed by atoms with Gasteiger partial charge in [-0.2, -0.15) is 0 Å². The summed E-state index contributed by atoms with van der Waals surface area (Å²) in [5.74, 6) is 0.410. The molecule has 0 aliphatic carbocycles. The highest BCUT2D eigenvalue weighted by Crippen LogP contribution is 2.43. The lowest BCUT2D eigenvalue weighted by atomic mass is 10.1. The van der Waals surface area contributed by atoms with Crippen LogP contribution in [0.4, 0.5) is 0 Å². The van der Waals surface area contributed by atoms with Crippen molar-refractivity contribution in [3.05, 3.63) is 54.6 Å². The zero-order valence-corrected chi connectivity index (χ0v) is 13.3. The van der Waals surface area contributed by atoms with Crippen LogP contribution < -0.4 is 0 Å². The van der Waals surface area contributed by atoms with Crippen LogP contribution in [0.2, 0.25) is 0 Å². The maximum atomic E-state index is 4.43. The van der Waals surface area contributed by atoms with E-state index in [1.165, 1.54) is 4.90 Å². The van der Waals surface area contributed by atoms with Gasteiger partial charge in [0, 0.05) is 4.90 Å². The van der Waals surface area contributed by atoms with E-state index in [1.807, 2.05) is 36.0 Å². The zero-order valence-electron chi connectivity index (χ0n) is 12.5. The number of aromatic nitrogens is 3. The lowest BCUT2D eigenvalue weighted by Crippen LogP contribution is -2.33. The van der Waals surface area contributed by atoms with Crippen molar-refractivity contribution in [1.82, 2.24) is 15.0 Å². The number of thioether (sulfide) groups is 1. The van der Waals surface area contributed by atoms with Crippen molar-refractivity contribution in [3.8, 4) is 0 Å². The Morgan fingerprint density at radius 2 is 1.67 bits per heavy atom. The number of fused-ring (bicyclic) bond motifs is 1. The summed E-state index contributed by atoms with van der Waals surface area (Å²) in [4.78, 5) is 1.06. The Bertz CT molecular complexity index is 736. The molecule has 0 saturated heterocycles. The van der Waals surface area contributed by atoms with Crippen LogP contribution in [-0.2, 0) is 4.87 Å². The third-order valence-corrected chi connectivity index (χ3v) is 5.48. The van der Waals surface area contributed by atoms with E-state index in [-0.39, 0.29) is 4.87 Å². The van der Waals surface area contributed by atoms with Crippen molar-refractivity contribution < 1.29 is 0 Å². The van der Waals surface area contributed by atoms with Crippen LogP contribution in [0, 0.1) is 5.92 Å². The predicted octanol–water partition coefficient (Wildman–Crippen LogP) is 4.55. The normalized spacial score (nSPS) is 14.5. The molecular weight excluding hydrogens is 278 g/mol. The Hall–Kier alpha value is -1.81. The van der Waals surface area contributed by atoms with Gasteiger partial charge in [0.1, 0.15) is 10.4 Å². The summed E-state index contributed by atoms with van der Waals surface area (Å²) >= 11 is 1.83. The molecule has 0 N–H and O–H groups in total. The molecule has 21 heavy (non-hydrogen) atoms. The van der Waals surface area contributed by atoms with E-state index in [9.17, 15) is 0 Å². The molecule has 3 rings (SSSR count). The van der Waals surface area contributed by atoms with E-state index in [0.717, 1.165) is 11.0 Å². The highest BCUT2D eigenvalue weighted by atomic mass is 32.2. The lowest BCUT2D eigenvalue weighted by molar-refractivity contribution is 0.330. The topological polar surface area (TPSA) is 30.7 Å². The fourth-order valence-electron chi connectivity index (χ4n) is 2.33. The number of hydrogen-bond donors (Lipinski definition) is 0. The molecule has 0 aliphatic heterocycles. The van der Waals surface area contributed by atoms with E-state index >= 15 is 0 Å². The highest BCUT2D eigenvalue weighted by molar-refractivity contribution is 8.00. The van der Waals surface area contributed by atoms with Crippen LogP contribution in [0.5, 0.6) is 0 Å². The summed E-state index contributed by atoms with van der Waals surface area (Å²) in [5.41, 5.74) is 2.02. The molecule has 108 valence electrons. The molecule has 4 heteroatoms. The van der Waals surface area contributed by atoms with Crippen molar-refractivity contribution in [2.24, 2.45) is 5.92 Å². The van der Waals surface area contributed by atoms with Gasteiger partial charge in [-0.15, -0.1) is 5.10 Å². The first-order valence-electron chi connectivity index (χ1n) is 7.16. The van der Waals surface area contributed by atoms with Gasteiger partial charge in [0.2, 0.25) is 0 Å². The molecule has 1 aromatic heterocycles. The minimum absolute atomic E-state index is 0.183. The van der Waals surface area contributed by atoms with Crippen molar-refractivity contribution >= 4 is 22.8 Å². The second-order valence-electron chi connectivity index (χ2n) is 5.61. The Morgan fingerprint density at radius 1 is 1.00 bits per heavy atom. The number of benzene rings is 2. The molecule has 2 aromatic carbocycles. The van der Waals surface area contributed by atoms with E-state index in [0.29, 0.717) is 5.92 Å². The Labute approximate surface area is 129 Å². The van der Waals surface area contributed by atoms with Gasteiger partial charge in [-0.3, -0.25) is 0 Å². The summed E-state index contributed by atoms with van der Waals surface area (Å²) in [5, 5.41) is 8.74. The average molecular weight is 297 g/mol. The maximum Gasteiger partial charge on any atom is 0.114 e. The molecular formula is C17H19N3S. The summed E-state index contributed by atoms with van der Waals surface area (Å²) in [6.45, 7) is 6.69. The molecule has 0 fully saturated rings. The molecule has 1 unspecified atom stereocenters. The Morgan fingerprint density at radius 3 is 2.38 bits per heavy atom. The van der Waals surface area contributed by atoms with Gasteiger partial charge in [0.15, 0.2) is 0 Å². The molecule has 0 saturated carbocycles. The van der Waals surface area contributed by atoms with Crippen LogP contribution in [-0.4, -0.2) is 15.0 Å². The van der Waals surface area contributed by atoms with Gasteiger partial charge < -0.3 is 0 Å². The monoisotopic (exact) mass is 297 g/mol. The van der Waals surface area contributed by atoms with Crippen molar-refractivity contribution in [2.45, 2.75) is 30.5 Å². The van der Waals surface area contributed by atoms with Crippen LogP contribution in [0.3, 0.4) is 0 Å². The Kier molecular flexibility index (Phi) is 3.72. The second kappa shape index (κ2) is 5.53. The average Bonchev–Trinajstić information content (AvgIpc) is 2.92. The molecule has 3 nitrogen and oxygen atoms in total. The van der Waals surface area contributed by atoms with Gasteiger partial charge in [0.25, 0.3) is 0 Å². The minimum Gasteiger partial charge on any atom is -0.228 e. The molecule has 0 amide bonds. The van der Waals surface area contributed by atoms with Crippen LogP contribution in [0.1, 0.15) is 20.8 Å². The van der Waals surface area contributed by atoms with Crippen molar-refractivity contribution in [2.75, 3.05) is 0 Å². The van der Waals surface area contributed by atoms with Crippen LogP contribution in [0.25, 0.3) is 11.0 Å². The van der Waals surface area contributed by atoms with Crippen LogP contribution >= 0.6 is 11.8 Å².